The van der Waals surface area contributed by atoms with Crippen molar-refractivity contribution in [3.8, 4) is 0 Å². The van der Waals surface area contributed by atoms with Crippen LogP contribution in [0.3, 0.4) is 0 Å². The van der Waals surface area contributed by atoms with Gasteiger partial charge < -0.3 is 5.32 Å². The molecule has 1 aliphatic heterocycles. The predicted molar refractivity (Wildman–Crippen MR) is 79.2 cm³/mol. The second-order valence-corrected chi connectivity index (χ2v) is 7.97. The summed E-state index contributed by atoms with van der Waals surface area (Å²) in [6.07, 6.45) is 12.1. The molecule has 4 aliphatic carbocycles. The molecule has 0 aromatic carbocycles. The van der Waals surface area contributed by atoms with Crippen molar-refractivity contribution in [1.29, 1.82) is 0 Å². The quantitative estimate of drug-likeness (QED) is 0.838. The van der Waals surface area contributed by atoms with Crippen molar-refractivity contribution in [3.63, 3.8) is 0 Å². The molecule has 1 N–H and O–H groups in total. The van der Waals surface area contributed by atoms with Crippen LogP contribution in [0.2, 0.25) is 0 Å². The average Bonchev–Trinajstić information content (AvgIpc) is 2.87. The summed E-state index contributed by atoms with van der Waals surface area (Å²) in [5, 5.41) is 3.71. The van der Waals surface area contributed by atoms with Gasteiger partial charge in [-0.3, -0.25) is 4.90 Å². The van der Waals surface area contributed by atoms with Gasteiger partial charge in [-0.25, -0.2) is 0 Å². The number of rotatable bonds is 4. The summed E-state index contributed by atoms with van der Waals surface area (Å²) in [5.74, 6) is 3.24. The van der Waals surface area contributed by atoms with Crippen molar-refractivity contribution in [2.24, 2.45) is 17.8 Å². The summed E-state index contributed by atoms with van der Waals surface area (Å²) in [7, 11) is 0. The monoisotopic (exact) mass is 262 g/mol. The molecule has 5 rings (SSSR count). The molecule has 5 aliphatic rings. The highest BCUT2D eigenvalue weighted by molar-refractivity contribution is 5.07. The first-order valence-corrected chi connectivity index (χ1v) is 8.76. The second kappa shape index (κ2) is 4.73. The van der Waals surface area contributed by atoms with Crippen molar-refractivity contribution in [3.05, 3.63) is 0 Å². The number of nitrogens with one attached hydrogen (secondary N) is 1. The molecular weight excluding hydrogens is 232 g/mol. The molecule has 1 heterocycles. The van der Waals surface area contributed by atoms with E-state index in [-0.39, 0.29) is 0 Å². The molecule has 19 heavy (non-hydrogen) atoms. The maximum atomic E-state index is 3.71. The van der Waals surface area contributed by atoms with E-state index >= 15 is 0 Å². The minimum Gasteiger partial charge on any atom is -0.313 e. The Hall–Kier alpha value is -0.0800. The smallest absolute Gasteiger partial charge is 0.0218 e. The standard InChI is InChI=1S/C17H30N2/c1-2-19(12-16-4-3-5-18-16)17-9-13-6-14(10-17)8-15(7-13)11-17/h13-16,18H,2-12H2,1H3. The first-order chi connectivity index (χ1) is 9.27. The Kier molecular flexibility index (Phi) is 3.15. The van der Waals surface area contributed by atoms with Gasteiger partial charge in [0.2, 0.25) is 0 Å². The first kappa shape index (κ1) is 12.6. The summed E-state index contributed by atoms with van der Waals surface area (Å²) in [5.41, 5.74) is 0.619. The molecule has 1 atom stereocenters. The third-order valence-corrected chi connectivity index (χ3v) is 6.66. The zero-order chi connectivity index (χ0) is 12.9. The highest BCUT2D eigenvalue weighted by Gasteiger charge is 2.53. The fraction of sp³-hybridized carbons (Fsp3) is 1.00. The van der Waals surface area contributed by atoms with Crippen molar-refractivity contribution in [2.45, 2.75) is 69.9 Å². The normalized spacial score (nSPS) is 48.3. The Morgan fingerprint density at radius 3 is 2.16 bits per heavy atom. The summed E-state index contributed by atoms with van der Waals surface area (Å²) in [6, 6.07) is 0.785. The first-order valence-electron chi connectivity index (χ1n) is 8.76. The minimum atomic E-state index is 0.619. The van der Waals surface area contributed by atoms with Crippen LogP contribution in [-0.4, -0.2) is 36.1 Å². The van der Waals surface area contributed by atoms with E-state index in [1.165, 1.54) is 51.7 Å². The molecule has 1 saturated heterocycles. The SMILES string of the molecule is CCN(CC1CCCN1)C12CC3CC(CC(C3)C1)C2. The van der Waals surface area contributed by atoms with Gasteiger partial charge in [-0.15, -0.1) is 0 Å². The van der Waals surface area contributed by atoms with Crippen LogP contribution < -0.4 is 5.32 Å². The van der Waals surface area contributed by atoms with Gasteiger partial charge in [0.05, 0.1) is 0 Å². The summed E-state index contributed by atoms with van der Waals surface area (Å²) < 4.78 is 0. The highest BCUT2D eigenvalue weighted by atomic mass is 15.2. The molecule has 108 valence electrons. The average molecular weight is 262 g/mol. The van der Waals surface area contributed by atoms with Crippen molar-refractivity contribution in [1.82, 2.24) is 10.2 Å². The fourth-order valence-corrected chi connectivity index (χ4v) is 6.29. The van der Waals surface area contributed by atoms with E-state index in [9.17, 15) is 0 Å². The minimum absolute atomic E-state index is 0.619. The lowest BCUT2D eigenvalue weighted by Gasteiger charge is -2.61. The lowest BCUT2D eigenvalue weighted by atomic mass is 9.52. The molecule has 5 fully saturated rings. The lowest BCUT2D eigenvalue weighted by Crippen LogP contribution is -2.61. The van der Waals surface area contributed by atoms with Crippen LogP contribution >= 0.6 is 0 Å². The van der Waals surface area contributed by atoms with Gasteiger partial charge in [0.25, 0.3) is 0 Å². The van der Waals surface area contributed by atoms with Gasteiger partial charge in [-0.2, -0.15) is 0 Å². The zero-order valence-electron chi connectivity index (χ0n) is 12.5. The van der Waals surface area contributed by atoms with Gasteiger partial charge in [-0.05, 0) is 82.2 Å². The van der Waals surface area contributed by atoms with Crippen molar-refractivity contribution in [2.75, 3.05) is 19.6 Å². The maximum Gasteiger partial charge on any atom is 0.0218 e. The van der Waals surface area contributed by atoms with Gasteiger partial charge >= 0.3 is 0 Å². The molecule has 0 aromatic heterocycles. The number of hydrogen-bond acceptors (Lipinski definition) is 2. The van der Waals surface area contributed by atoms with E-state index in [1.807, 2.05) is 0 Å². The molecule has 2 nitrogen and oxygen atoms in total. The van der Waals surface area contributed by atoms with Gasteiger partial charge in [0, 0.05) is 18.1 Å². The van der Waals surface area contributed by atoms with Crippen LogP contribution in [0.1, 0.15) is 58.3 Å². The Labute approximate surface area is 118 Å². The van der Waals surface area contributed by atoms with Crippen LogP contribution in [0.25, 0.3) is 0 Å². The molecule has 0 amide bonds. The summed E-state index contributed by atoms with van der Waals surface area (Å²) in [4.78, 5) is 2.90. The third-order valence-electron chi connectivity index (χ3n) is 6.66. The lowest BCUT2D eigenvalue weighted by molar-refractivity contribution is -0.0890. The molecule has 0 radical (unpaired) electrons. The van der Waals surface area contributed by atoms with Gasteiger partial charge in [0.15, 0.2) is 0 Å². The van der Waals surface area contributed by atoms with Crippen LogP contribution in [0.4, 0.5) is 0 Å². The van der Waals surface area contributed by atoms with E-state index < -0.39 is 0 Å². The molecule has 1 unspecified atom stereocenters. The van der Waals surface area contributed by atoms with E-state index in [0.717, 1.165) is 23.8 Å². The van der Waals surface area contributed by atoms with E-state index in [4.69, 9.17) is 0 Å². The molecular formula is C17H30N2. The largest absolute Gasteiger partial charge is 0.313 e. The van der Waals surface area contributed by atoms with E-state index in [1.54, 1.807) is 19.3 Å². The van der Waals surface area contributed by atoms with Crippen LogP contribution in [-0.2, 0) is 0 Å². The molecule has 4 saturated carbocycles. The summed E-state index contributed by atoms with van der Waals surface area (Å²) in [6.45, 7) is 6.24. The van der Waals surface area contributed by atoms with Crippen molar-refractivity contribution >= 4 is 0 Å². The van der Waals surface area contributed by atoms with Crippen LogP contribution in [0.15, 0.2) is 0 Å². The topological polar surface area (TPSA) is 15.3 Å². The zero-order valence-corrected chi connectivity index (χ0v) is 12.5. The van der Waals surface area contributed by atoms with E-state index in [2.05, 4.69) is 17.1 Å². The van der Waals surface area contributed by atoms with Crippen LogP contribution in [0, 0.1) is 17.8 Å². The number of hydrogen-bond donors (Lipinski definition) is 1. The Balaban J connectivity index is 1.51. The van der Waals surface area contributed by atoms with Crippen LogP contribution in [0.5, 0.6) is 0 Å². The second-order valence-electron chi connectivity index (χ2n) is 7.97. The van der Waals surface area contributed by atoms with Gasteiger partial charge in [0.1, 0.15) is 0 Å². The predicted octanol–water partition coefficient (Wildman–Crippen LogP) is 3.03. The molecule has 0 spiro atoms. The Bertz CT molecular complexity index is 297. The fourth-order valence-electron chi connectivity index (χ4n) is 6.29. The summed E-state index contributed by atoms with van der Waals surface area (Å²) >= 11 is 0. The highest BCUT2D eigenvalue weighted by Crippen LogP contribution is 2.57. The number of nitrogens with zero attached hydrogens (tertiary/aromatic N) is 1. The molecule has 4 bridgehead atoms. The maximum absolute atomic E-state index is 3.71. The van der Waals surface area contributed by atoms with E-state index in [0.29, 0.717) is 5.54 Å². The molecule has 0 aromatic rings. The van der Waals surface area contributed by atoms with Gasteiger partial charge in [-0.1, -0.05) is 6.92 Å². The molecule has 2 heteroatoms. The Morgan fingerprint density at radius 1 is 1.05 bits per heavy atom. The Morgan fingerprint density at radius 2 is 1.68 bits per heavy atom. The third kappa shape index (κ3) is 2.15. The van der Waals surface area contributed by atoms with Crippen molar-refractivity contribution < 1.29 is 0 Å². The number of likely N-dealkylation sites (N-methyl/N-ethyl adjacent to an activating group) is 1.